The highest BCUT2D eigenvalue weighted by molar-refractivity contribution is 5.84. The van der Waals surface area contributed by atoms with Crippen LogP contribution in [0.25, 0.3) is 0 Å². The lowest BCUT2D eigenvalue weighted by molar-refractivity contribution is -0.148. The molecule has 0 bridgehead atoms. The predicted molar refractivity (Wildman–Crippen MR) is 61.7 cm³/mol. The molecule has 2 fully saturated rings. The van der Waals surface area contributed by atoms with E-state index >= 15 is 0 Å². The Balaban J connectivity index is 1.98. The smallest absolute Gasteiger partial charge is 0.230 e. The van der Waals surface area contributed by atoms with Crippen molar-refractivity contribution in [1.29, 1.82) is 0 Å². The second kappa shape index (κ2) is 4.72. The normalized spacial score (nSPS) is 28.6. The molecule has 1 aliphatic carbocycles. The number of carbonyl (C=O) groups is 1. The first-order valence-electron chi connectivity index (χ1n) is 6.32. The molecule has 1 saturated heterocycles. The standard InChI is InChI=1S/C12H22N2O2/c13-9-12(4-2-5-12)11(16)14-6-1-3-10(7-14)8-15/h10,15H,1-9,13H2. The van der Waals surface area contributed by atoms with Crippen LogP contribution < -0.4 is 5.73 Å². The van der Waals surface area contributed by atoms with Crippen molar-refractivity contribution < 1.29 is 9.90 Å². The monoisotopic (exact) mass is 226 g/mol. The minimum atomic E-state index is -0.253. The Bertz CT molecular complexity index is 258. The van der Waals surface area contributed by atoms with E-state index in [1.54, 1.807) is 0 Å². The van der Waals surface area contributed by atoms with Crippen LogP contribution in [0.1, 0.15) is 32.1 Å². The second-order valence-electron chi connectivity index (χ2n) is 5.28. The summed E-state index contributed by atoms with van der Waals surface area (Å²) in [4.78, 5) is 14.3. The third kappa shape index (κ3) is 1.96. The maximum Gasteiger partial charge on any atom is 0.230 e. The van der Waals surface area contributed by atoms with Crippen LogP contribution in [-0.4, -0.2) is 42.2 Å². The van der Waals surface area contributed by atoms with Crippen LogP contribution in [0.2, 0.25) is 0 Å². The molecule has 1 saturated carbocycles. The number of amides is 1. The van der Waals surface area contributed by atoms with Crippen LogP contribution in [0.3, 0.4) is 0 Å². The van der Waals surface area contributed by atoms with Gasteiger partial charge in [0.1, 0.15) is 0 Å². The number of piperidine rings is 1. The van der Waals surface area contributed by atoms with Crippen LogP contribution in [0.4, 0.5) is 0 Å². The molecular formula is C12H22N2O2. The fraction of sp³-hybridized carbons (Fsp3) is 0.917. The highest BCUT2D eigenvalue weighted by atomic mass is 16.3. The second-order valence-corrected chi connectivity index (χ2v) is 5.28. The topological polar surface area (TPSA) is 66.6 Å². The van der Waals surface area contributed by atoms with Crippen molar-refractivity contribution in [2.24, 2.45) is 17.1 Å². The first-order valence-corrected chi connectivity index (χ1v) is 6.32. The van der Waals surface area contributed by atoms with Gasteiger partial charge in [-0.3, -0.25) is 4.79 Å². The number of hydrogen-bond donors (Lipinski definition) is 2. The molecule has 92 valence electrons. The Morgan fingerprint density at radius 1 is 1.44 bits per heavy atom. The van der Waals surface area contributed by atoms with Crippen molar-refractivity contribution in [3.63, 3.8) is 0 Å². The van der Waals surface area contributed by atoms with Gasteiger partial charge in [0.25, 0.3) is 0 Å². The fourth-order valence-electron chi connectivity index (χ4n) is 2.84. The summed E-state index contributed by atoms with van der Waals surface area (Å²) in [7, 11) is 0. The zero-order valence-electron chi connectivity index (χ0n) is 9.82. The Morgan fingerprint density at radius 2 is 2.19 bits per heavy atom. The van der Waals surface area contributed by atoms with E-state index in [0.717, 1.165) is 45.2 Å². The van der Waals surface area contributed by atoms with Gasteiger partial charge in [-0.1, -0.05) is 6.42 Å². The molecule has 0 aromatic heterocycles. The van der Waals surface area contributed by atoms with Gasteiger partial charge in [-0.25, -0.2) is 0 Å². The van der Waals surface area contributed by atoms with Crippen LogP contribution in [-0.2, 0) is 4.79 Å². The minimum absolute atomic E-state index is 0.194. The Kier molecular flexibility index (Phi) is 3.50. The Hall–Kier alpha value is -0.610. The van der Waals surface area contributed by atoms with E-state index in [-0.39, 0.29) is 23.8 Å². The van der Waals surface area contributed by atoms with E-state index in [2.05, 4.69) is 0 Å². The summed E-state index contributed by atoms with van der Waals surface area (Å²) in [6.07, 6.45) is 5.07. The molecule has 2 rings (SSSR count). The number of likely N-dealkylation sites (tertiary alicyclic amines) is 1. The number of hydrogen-bond acceptors (Lipinski definition) is 3. The molecule has 0 spiro atoms. The van der Waals surface area contributed by atoms with E-state index in [4.69, 9.17) is 10.8 Å². The fourth-order valence-corrected chi connectivity index (χ4v) is 2.84. The van der Waals surface area contributed by atoms with Crippen LogP contribution >= 0.6 is 0 Å². The van der Waals surface area contributed by atoms with Gasteiger partial charge in [0, 0.05) is 26.2 Å². The number of nitrogens with zero attached hydrogens (tertiary/aromatic N) is 1. The van der Waals surface area contributed by atoms with E-state index in [1.165, 1.54) is 0 Å². The van der Waals surface area contributed by atoms with Crippen LogP contribution in [0.15, 0.2) is 0 Å². The molecule has 16 heavy (non-hydrogen) atoms. The number of rotatable bonds is 3. The zero-order chi connectivity index (χ0) is 11.6. The molecule has 1 unspecified atom stereocenters. The summed E-state index contributed by atoms with van der Waals surface area (Å²) in [5.74, 6) is 0.506. The first kappa shape index (κ1) is 11.9. The number of aliphatic hydroxyl groups excluding tert-OH is 1. The summed E-state index contributed by atoms with van der Waals surface area (Å²) >= 11 is 0. The SMILES string of the molecule is NCC1(C(=O)N2CCCC(CO)C2)CCC1. The lowest BCUT2D eigenvalue weighted by atomic mass is 9.67. The van der Waals surface area contributed by atoms with Crippen molar-refractivity contribution in [3.05, 3.63) is 0 Å². The molecule has 3 N–H and O–H groups in total. The average Bonchev–Trinajstić information content (AvgIpc) is 2.28. The van der Waals surface area contributed by atoms with E-state index in [9.17, 15) is 4.79 Å². The van der Waals surface area contributed by atoms with Crippen LogP contribution in [0.5, 0.6) is 0 Å². The molecule has 1 amide bonds. The lowest BCUT2D eigenvalue weighted by Gasteiger charge is -2.44. The first-order chi connectivity index (χ1) is 7.72. The van der Waals surface area contributed by atoms with Gasteiger partial charge in [-0.15, -0.1) is 0 Å². The lowest BCUT2D eigenvalue weighted by Crippen LogP contribution is -2.54. The van der Waals surface area contributed by atoms with Gasteiger partial charge in [0.2, 0.25) is 5.91 Å². The van der Waals surface area contributed by atoms with Gasteiger partial charge in [-0.05, 0) is 31.6 Å². The van der Waals surface area contributed by atoms with E-state index < -0.39 is 0 Å². The maximum atomic E-state index is 12.4. The largest absolute Gasteiger partial charge is 0.396 e. The van der Waals surface area contributed by atoms with Crippen molar-refractivity contribution in [2.45, 2.75) is 32.1 Å². The van der Waals surface area contributed by atoms with Gasteiger partial charge in [0.05, 0.1) is 5.41 Å². The number of carbonyl (C=O) groups excluding carboxylic acids is 1. The summed E-state index contributed by atoms with van der Waals surface area (Å²) in [6, 6.07) is 0. The molecule has 4 heteroatoms. The Labute approximate surface area is 96.8 Å². The van der Waals surface area contributed by atoms with Crippen molar-refractivity contribution in [2.75, 3.05) is 26.2 Å². The summed E-state index contributed by atoms with van der Waals surface area (Å²) < 4.78 is 0. The van der Waals surface area contributed by atoms with Gasteiger partial charge in [-0.2, -0.15) is 0 Å². The molecular weight excluding hydrogens is 204 g/mol. The van der Waals surface area contributed by atoms with Gasteiger partial charge in [0.15, 0.2) is 0 Å². The third-order valence-electron chi connectivity index (χ3n) is 4.22. The molecule has 1 atom stereocenters. The quantitative estimate of drug-likeness (QED) is 0.729. The van der Waals surface area contributed by atoms with Gasteiger partial charge < -0.3 is 15.7 Å². The van der Waals surface area contributed by atoms with E-state index in [0.29, 0.717) is 6.54 Å². The molecule has 1 heterocycles. The Morgan fingerprint density at radius 3 is 2.69 bits per heavy atom. The number of aliphatic hydroxyl groups is 1. The van der Waals surface area contributed by atoms with Crippen molar-refractivity contribution in [1.82, 2.24) is 4.90 Å². The molecule has 0 aromatic carbocycles. The molecule has 2 aliphatic rings. The summed E-state index contributed by atoms with van der Waals surface area (Å²) in [6.45, 7) is 2.24. The van der Waals surface area contributed by atoms with Crippen molar-refractivity contribution in [3.8, 4) is 0 Å². The molecule has 0 radical (unpaired) electrons. The summed E-state index contributed by atoms with van der Waals surface area (Å²) in [5, 5.41) is 9.16. The summed E-state index contributed by atoms with van der Waals surface area (Å²) in [5.41, 5.74) is 5.49. The highest BCUT2D eigenvalue weighted by Gasteiger charge is 2.45. The highest BCUT2D eigenvalue weighted by Crippen LogP contribution is 2.42. The molecule has 1 aliphatic heterocycles. The predicted octanol–water partition coefficient (Wildman–Crippen LogP) is 0.346. The van der Waals surface area contributed by atoms with Crippen molar-refractivity contribution >= 4 is 5.91 Å². The average molecular weight is 226 g/mol. The molecule has 4 nitrogen and oxygen atoms in total. The van der Waals surface area contributed by atoms with Gasteiger partial charge >= 0.3 is 0 Å². The maximum absolute atomic E-state index is 12.4. The minimum Gasteiger partial charge on any atom is -0.396 e. The zero-order valence-corrected chi connectivity index (χ0v) is 9.82. The van der Waals surface area contributed by atoms with Crippen LogP contribution in [0, 0.1) is 11.3 Å². The number of nitrogens with two attached hydrogens (primary N) is 1. The van der Waals surface area contributed by atoms with E-state index in [1.807, 2.05) is 4.90 Å². The molecule has 0 aromatic rings. The third-order valence-corrected chi connectivity index (χ3v) is 4.22.